The summed E-state index contributed by atoms with van der Waals surface area (Å²) in [6.07, 6.45) is -4.54. The van der Waals surface area contributed by atoms with E-state index >= 15 is 0 Å². The average molecular weight is 382 g/mol. The molecule has 2 heterocycles. The molecule has 0 atom stereocenters. The van der Waals surface area contributed by atoms with Crippen molar-refractivity contribution in [2.75, 3.05) is 13.1 Å². The van der Waals surface area contributed by atoms with Crippen molar-refractivity contribution in [3.8, 4) is 11.4 Å². The quantitative estimate of drug-likeness (QED) is 0.876. The van der Waals surface area contributed by atoms with Crippen LogP contribution in [0.15, 0.2) is 34.9 Å². The molecule has 1 aliphatic heterocycles. The zero-order chi connectivity index (χ0) is 19.4. The van der Waals surface area contributed by atoms with E-state index < -0.39 is 18.0 Å². The van der Waals surface area contributed by atoms with Crippen LogP contribution in [0.4, 0.5) is 13.2 Å². The van der Waals surface area contributed by atoms with Crippen molar-refractivity contribution in [2.45, 2.75) is 25.6 Å². The Labute approximate surface area is 152 Å². The van der Waals surface area contributed by atoms with Gasteiger partial charge in [-0.05, 0) is 12.8 Å². The number of aromatic nitrogens is 2. The number of hydrogen-bond donors (Lipinski definition) is 1. The SMILES string of the molecule is O=C(NCc1nc(-c2ccccc2)no1)C1CCN(C(=O)C(F)(F)F)CC1. The van der Waals surface area contributed by atoms with Crippen molar-refractivity contribution in [3.05, 3.63) is 36.2 Å². The molecule has 144 valence electrons. The van der Waals surface area contributed by atoms with Crippen LogP contribution in [0.2, 0.25) is 0 Å². The minimum Gasteiger partial charge on any atom is -0.347 e. The molecule has 0 spiro atoms. The number of rotatable bonds is 4. The number of nitrogens with one attached hydrogen (secondary N) is 1. The largest absolute Gasteiger partial charge is 0.471 e. The lowest BCUT2D eigenvalue weighted by Crippen LogP contribution is -2.47. The zero-order valence-electron chi connectivity index (χ0n) is 14.2. The first kappa shape index (κ1) is 18.9. The summed E-state index contributed by atoms with van der Waals surface area (Å²) in [7, 11) is 0. The summed E-state index contributed by atoms with van der Waals surface area (Å²) in [5.41, 5.74) is 0.778. The number of halogens is 3. The second-order valence-corrected chi connectivity index (χ2v) is 6.16. The molecule has 27 heavy (non-hydrogen) atoms. The summed E-state index contributed by atoms with van der Waals surface area (Å²) in [4.78, 5) is 28.3. The highest BCUT2D eigenvalue weighted by Gasteiger charge is 2.43. The van der Waals surface area contributed by atoms with E-state index in [0.717, 1.165) is 10.5 Å². The lowest BCUT2D eigenvalue weighted by atomic mass is 9.96. The minimum absolute atomic E-state index is 0.0281. The van der Waals surface area contributed by atoms with Gasteiger partial charge < -0.3 is 14.7 Å². The molecule has 1 fully saturated rings. The number of piperidine rings is 1. The fourth-order valence-electron chi connectivity index (χ4n) is 2.86. The van der Waals surface area contributed by atoms with Gasteiger partial charge in [-0.1, -0.05) is 35.5 Å². The van der Waals surface area contributed by atoms with Crippen LogP contribution < -0.4 is 5.32 Å². The summed E-state index contributed by atoms with van der Waals surface area (Å²) in [5.74, 6) is -2.00. The van der Waals surface area contributed by atoms with E-state index in [2.05, 4.69) is 15.5 Å². The molecule has 2 amide bonds. The monoisotopic (exact) mass is 382 g/mol. The fourth-order valence-corrected chi connectivity index (χ4v) is 2.86. The first-order chi connectivity index (χ1) is 12.8. The molecule has 0 aliphatic carbocycles. The highest BCUT2D eigenvalue weighted by molar-refractivity contribution is 5.83. The van der Waals surface area contributed by atoms with Crippen LogP contribution in [-0.2, 0) is 16.1 Å². The van der Waals surface area contributed by atoms with E-state index in [1.54, 1.807) is 0 Å². The highest BCUT2D eigenvalue weighted by Crippen LogP contribution is 2.24. The van der Waals surface area contributed by atoms with Gasteiger partial charge in [0, 0.05) is 24.6 Å². The van der Waals surface area contributed by atoms with Gasteiger partial charge in [-0.2, -0.15) is 18.2 Å². The summed E-state index contributed by atoms with van der Waals surface area (Å²) < 4.78 is 42.4. The van der Waals surface area contributed by atoms with Gasteiger partial charge >= 0.3 is 12.1 Å². The van der Waals surface area contributed by atoms with Gasteiger partial charge in [0.2, 0.25) is 17.6 Å². The second kappa shape index (κ2) is 7.77. The molecule has 0 bridgehead atoms. The summed E-state index contributed by atoms with van der Waals surface area (Å²) in [5, 5.41) is 6.49. The average Bonchev–Trinajstić information content (AvgIpc) is 3.15. The van der Waals surface area contributed by atoms with Crippen LogP contribution in [0.1, 0.15) is 18.7 Å². The Bertz CT molecular complexity index is 799. The van der Waals surface area contributed by atoms with Crippen LogP contribution in [0.3, 0.4) is 0 Å². The summed E-state index contributed by atoms with van der Waals surface area (Å²) in [6, 6.07) is 9.18. The van der Waals surface area contributed by atoms with Gasteiger partial charge in [0.05, 0.1) is 6.54 Å². The van der Waals surface area contributed by atoms with Crippen molar-refractivity contribution < 1.29 is 27.3 Å². The number of benzene rings is 1. The summed E-state index contributed by atoms with van der Waals surface area (Å²) in [6.45, 7) is -0.176. The van der Waals surface area contributed by atoms with Gasteiger partial charge in [0.25, 0.3) is 0 Å². The Balaban J connectivity index is 1.48. The van der Waals surface area contributed by atoms with Gasteiger partial charge in [0.1, 0.15) is 0 Å². The molecule has 0 radical (unpaired) electrons. The molecular weight excluding hydrogens is 365 g/mol. The van der Waals surface area contributed by atoms with Crippen LogP contribution in [0, 0.1) is 5.92 Å². The summed E-state index contributed by atoms with van der Waals surface area (Å²) >= 11 is 0. The van der Waals surface area contributed by atoms with E-state index in [1.165, 1.54) is 0 Å². The molecule has 1 aliphatic rings. The fraction of sp³-hybridized carbons (Fsp3) is 0.412. The molecule has 0 unspecified atom stereocenters. The normalized spacial score (nSPS) is 15.6. The Morgan fingerprint density at radius 1 is 1.19 bits per heavy atom. The number of likely N-dealkylation sites (tertiary alicyclic amines) is 1. The molecular formula is C17H17F3N4O3. The Morgan fingerprint density at radius 3 is 2.48 bits per heavy atom. The molecule has 1 saturated heterocycles. The Kier molecular flexibility index (Phi) is 5.43. The first-order valence-corrected chi connectivity index (χ1v) is 8.36. The van der Waals surface area contributed by atoms with Crippen molar-refractivity contribution >= 4 is 11.8 Å². The van der Waals surface area contributed by atoms with Crippen molar-refractivity contribution in [1.29, 1.82) is 0 Å². The predicted octanol–water partition coefficient (Wildman–Crippen LogP) is 2.15. The number of hydrogen-bond acceptors (Lipinski definition) is 5. The van der Waals surface area contributed by atoms with Gasteiger partial charge in [0.15, 0.2) is 0 Å². The lowest BCUT2D eigenvalue weighted by molar-refractivity contribution is -0.186. The number of amides is 2. The maximum atomic E-state index is 12.4. The number of alkyl halides is 3. The molecule has 2 aromatic rings. The maximum Gasteiger partial charge on any atom is 0.471 e. The van der Waals surface area contributed by atoms with E-state index in [1.807, 2.05) is 30.3 Å². The van der Waals surface area contributed by atoms with E-state index in [4.69, 9.17) is 4.52 Å². The van der Waals surface area contributed by atoms with Crippen LogP contribution in [0.5, 0.6) is 0 Å². The van der Waals surface area contributed by atoms with E-state index in [0.29, 0.717) is 5.82 Å². The van der Waals surface area contributed by atoms with Gasteiger partial charge in [-0.25, -0.2) is 0 Å². The number of carbonyl (C=O) groups is 2. The van der Waals surface area contributed by atoms with Crippen LogP contribution >= 0.6 is 0 Å². The molecule has 0 saturated carbocycles. The van der Waals surface area contributed by atoms with Crippen molar-refractivity contribution in [3.63, 3.8) is 0 Å². The maximum absolute atomic E-state index is 12.4. The number of carbonyl (C=O) groups excluding carboxylic acids is 2. The molecule has 10 heteroatoms. The molecule has 1 N–H and O–H groups in total. The van der Waals surface area contributed by atoms with Crippen molar-refractivity contribution in [2.24, 2.45) is 5.92 Å². The van der Waals surface area contributed by atoms with E-state index in [-0.39, 0.29) is 44.3 Å². The van der Waals surface area contributed by atoms with Crippen LogP contribution in [-0.4, -0.2) is 46.1 Å². The standard InChI is InChI=1S/C17H17F3N4O3/c18-17(19,20)16(26)24-8-6-12(7-9-24)15(25)21-10-13-22-14(23-27-13)11-4-2-1-3-5-11/h1-5,12H,6-10H2,(H,21,25). The second-order valence-electron chi connectivity index (χ2n) is 6.16. The van der Waals surface area contributed by atoms with Gasteiger partial charge in [-0.3, -0.25) is 9.59 Å². The highest BCUT2D eigenvalue weighted by atomic mass is 19.4. The van der Waals surface area contributed by atoms with E-state index in [9.17, 15) is 22.8 Å². The topological polar surface area (TPSA) is 88.3 Å². The third kappa shape index (κ3) is 4.63. The third-order valence-electron chi connectivity index (χ3n) is 4.31. The Morgan fingerprint density at radius 2 is 1.85 bits per heavy atom. The molecule has 1 aromatic carbocycles. The lowest BCUT2D eigenvalue weighted by Gasteiger charge is -2.31. The van der Waals surface area contributed by atoms with Crippen LogP contribution in [0.25, 0.3) is 11.4 Å². The third-order valence-corrected chi connectivity index (χ3v) is 4.31. The molecule has 3 rings (SSSR count). The van der Waals surface area contributed by atoms with Crippen molar-refractivity contribution in [1.82, 2.24) is 20.4 Å². The number of nitrogens with zero attached hydrogens (tertiary/aromatic N) is 3. The first-order valence-electron chi connectivity index (χ1n) is 8.36. The van der Waals surface area contributed by atoms with Gasteiger partial charge in [-0.15, -0.1) is 0 Å². The zero-order valence-corrected chi connectivity index (χ0v) is 14.2. The Hall–Kier alpha value is -2.91. The smallest absolute Gasteiger partial charge is 0.347 e. The predicted molar refractivity (Wildman–Crippen MR) is 86.9 cm³/mol. The molecule has 1 aromatic heterocycles. The minimum atomic E-state index is -4.89. The molecule has 7 nitrogen and oxygen atoms in total.